The van der Waals surface area contributed by atoms with E-state index in [2.05, 4.69) is 69.2 Å². The van der Waals surface area contributed by atoms with Crippen LogP contribution in [-0.2, 0) is 6.42 Å². The van der Waals surface area contributed by atoms with Crippen LogP contribution in [0.5, 0.6) is 5.75 Å². The van der Waals surface area contributed by atoms with E-state index in [1.54, 1.807) is 11.3 Å². The van der Waals surface area contributed by atoms with E-state index < -0.39 is 0 Å². The molecule has 0 fully saturated rings. The molecule has 2 nitrogen and oxygen atoms in total. The Bertz CT molecular complexity index is 649. The van der Waals surface area contributed by atoms with Crippen molar-refractivity contribution in [1.82, 2.24) is 5.32 Å². The summed E-state index contributed by atoms with van der Waals surface area (Å²) in [5.74, 6) is 1.06. The van der Waals surface area contributed by atoms with E-state index in [9.17, 15) is 0 Å². The lowest BCUT2D eigenvalue weighted by molar-refractivity contribution is 0.350. The van der Waals surface area contributed by atoms with Gasteiger partial charge < -0.3 is 10.1 Å². The number of fused-ring (bicyclic) bond motifs is 1. The Labute approximate surface area is 146 Å². The van der Waals surface area contributed by atoms with Gasteiger partial charge in [0.2, 0.25) is 0 Å². The van der Waals surface area contributed by atoms with E-state index >= 15 is 0 Å². The number of halogens is 2. The Morgan fingerprint density at radius 1 is 1.33 bits per heavy atom. The van der Waals surface area contributed by atoms with E-state index in [-0.39, 0.29) is 6.04 Å². The Kier molecular flexibility index (Phi) is 4.74. The second-order valence-electron chi connectivity index (χ2n) is 5.18. The maximum Gasteiger partial charge on any atom is 0.127 e. The highest BCUT2D eigenvalue weighted by Crippen LogP contribution is 2.41. The SMILES string of the molecule is CCNC(c1cc(C)c(Br)s1)c1cc(Br)cc2c1OCC2. The van der Waals surface area contributed by atoms with Crippen LogP contribution in [0.25, 0.3) is 0 Å². The third kappa shape index (κ3) is 3.07. The van der Waals surface area contributed by atoms with E-state index in [0.29, 0.717) is 0 Å². The van der Waals surface area contributed by atoms with E-state index in [0.717, 1.165) is 29.8 Å². The van der Waals surface area contributed by atoms with Crippen molar-refractivity contribution >= 4 is 43.2 Å². The molecule has 1 aromatic heterocycles. The van der Waals surface area contributed by atoms with Crippen molar-refractivity contribution in [3.8, 4) is 5.75 Å². The van der Waals surface area contributed by atoms with Gasteiger partial charge >= 0.3 is 0 Å². The Hall–Kier alpha value is -0.360. The van der Waals surface area contributed by atoms with Crippen LogP contribution in [0.3, 0.4) is 0 Å². The van der Waals surface area contributed by atoms with Gasteiger partial charge in [0.05, 0.1) is 16.4 Å². The molecule has 2 heterocycles. The highest BCUT2D eigenvalue weighted by molar-refractivity contribution is 9.11. The molecule has 1 atom stereocenters. The number of ether oxygens (including phenoxy) is 1. The predicted molar refractivity (Wildman–Crippen MR) is 95.6 cm³/mol. The molecule has 1 unspecified atom stereocenters. The highest BCUT2D eigenvalue weighted by Gasteiger charge is 2.25. The molecule has 0 saturated heterocycles. The highest BCUT2D eigenvalue weighted by atomic mass is 79.9. The zero-order chi connectivity index (χ0) is 15.0. The molecule has 3 rings (SSSR count). The molecule has 112 valence electrons. The number of hydrogen-bond acceptors (Lipinski definition) is 3. The van der Waals surface area contributed by atoms with Gasteiger partial charge in [0.15, 0.2) is 0 Å². The van der Waals surface area contributed by atoms with E-state index in [4.69, 9.17) is 4.74 Å². The summed E-state index contributed by atoms with van der Waals surface area (Å²) in [4.78, 5) is 1.32. The summed E-state index contributed by atoms with van der Waals surface area (Å²) >= 11 is 9.07. The normalized spacial score (nSPS) is 14.9. The van der Waals surface area contributed by atoms with E-state index in [1.807, 2.05) is 0 Å². The fourth-order valence-corrected chi connectivity index (χ4v) is 4.89. The predicted octanol–water partition coefficient (Wildman–Crippen LogP) is 5.22. The first-order valence-electron chi connectivity index (χ1n) is 7.04. The van der Waals surface area contributed by atoms with Gasteiger partial charge in [-0.25, -0.2) is 0 Å². The minimum absolute atomic E-state index is 0.175. The van der Waals surface area contributed by atoms with Crippen molar-refractivity contribution in [1.29, 1.82) is 0 Å². The summed E-state index contributed by atoms with van der Waals surface area (Å²) in [6.45, 7) is 5.97. The van der Waals surface area contributed by atoms with Gasteiger partial charge in [0, 0.05) is 21.3 Å². The number of benzene rings is 1. The maximum atomic E-state index is 5.90. The molecular weight excluding hydrogens is 414 g/mol. The minimum atomic E-state index is 0.175. The molecule has 1 aromatic carbocycles. The van der Waals surface area contributed by atoms with Crippen LogP contribution in [0, 0.1) is 6.92 Å². The zero-order valence-electron chi connectivity index (χ0n) is 12.0. The van der Waals surface area contributed by atoms with Gasteiger partial charge in [-0.3, -0.25) is 0 Å². The van der Waals surface area contributed by atoms with Crippen molar-refractivity contribution in [2.45, 2.75) is 26.3 Å². The smallest absolute Gasteiger partial charge is 0.127 e. The Balaban J connectivity index is 2.09. The van der Waals surface area contributed by atoms with Crippen molar-refractivity contribution < 1.29 is 4.74 Å². The molecular formula is C16H17Br2NOS. The molecule has 0 spiro atoms. The van der Waals surface area contributed by atoms with Gasteiger partial charge in [-0.2, -0.15) is 0 Å². The summed E-state index contributed by atoms with van der Waals surface area (Å²) in [6, 6.07) is 6.78. The summed E-state index contributed by atoms with van der Waals surface area (Å²) in [7, 11) is 0. The monoisotopic (exact) mass is 429 g/mol. The van der Waals surface area contributed by atoms with Crippen molar-refractivity contribution in [2.75, 3.05) is 13.2 Å². The standard InChI is InChI=1S/C16H17Br2NOS/c1-3-19-14(13-6-9(2)16(18)21-13)12-8-11(17)7-10-4-5-20-15(10)12/h6-8,14,19H,3-5H2,1-2H3. The molecule has 21 heavy (non-hydrogen) atoms. The Morgan fingerprint density at radius 2 is 2.14 bits per heavy atom. The van der Waals surface area contributed by atoms with Crippen LogP contribution in [0.15, 0.2) is 26.5 Å². The number of thiophene rings is 1. The van der Waals surface area contributed by atoms with Crippen LogP contribution in [0.4, 0.5) is 0 Å². The molecule has 0 aliphatic carbocycles. The lowest BCUT2D eigenvalue weighted by Gasteiger charge is -2.20. The van der Waals surface area contributed by atoms with Crippen molar-refractivity contribution in [3.63, 3.8) is 0 Å². The topological polar surface area (TPSA) is 21.3 Å². The van der Waals surface area contributed by atoms with Gasteiger partial charge in [0.1, 0.15) is 5.75 Å². The molecule has 2 aromatic rings. The van der Waals surface area contributed by atoms with Crippen LogP contribution in [0.1, 0.15) is 34.5 Å². The second-order valence-corrected chi connectivity index (χ2v) is 8.50. The van der Waals surface area contributed by atoms with Gasteiger partial charge in [-0.15, -0.1) is 11.3 Å². The lowest BCUT2D eigenvalue weighted by Crippen LogP contribution is -2.21. The fraction of sp³-hybridized carbons (Fsp3) is 0.375. The number of hydrogen-bond donors (Lipinski definition) is 1. The van der Waals surface area contributed by atoms with Gasteiger partial charge in [-0.05, 0) is 58.7 Å². The summed E-state index contributed by atoms with van der Waals surface area (Å²) in [5, 5.41) is 3.60. The molecule has 5 heteroatoms. The summed E-state index contributed by atoms with van der Waals surface area (Å²) < 4.78 is 8.23. The van der Waals surface area contributed by atoms with Crippen molar-refractivity contribution in [2.24, 2.45) is 0 Å². The van der Waals surface area contributed by atoms with Crippen LogP contribution in [0.2, 0.25) is 0 Å². The zero-order valence-corrected chi connectivity index (χ0v) is 16.0. The molecule has 1 aliphatic heterocycles. The minimum Gasteiger partial charge on any atom is -0.493 e. The quantitative estimate of drug-likeness (QED) is 0.718. The van der Waals surface area contributed by atoms with E-state index in [1.165, 1.54) is 25.4 Å². The van der Waals surface area contributed by atoms with Crippen LogP contribution >= 0.6 is 43.2 Å². The average molecular weight is 431 g/mol. The lowest BCUT2D eigenvalue weighted by atomic mass is 10.00. The number of aryl methyl sites for hydroxylation is 1. The average Bonchev–Trinajstić information content (AvgIpc) is 3.02. The molecule has 0 saturated carbocycles. The second kappa shape index (κ2) is 6.41. The molecule has 1 N–H and O–H groups in total. The molecule has 0 amide bonds. The van der Waals surface area contributed by atoms with Crippen LogP contribution in [-0.4, -0.2) is 13.2 Å². The Morgan fingerprint density at radius 3 is 2.81 bits per heavy atom. The molecule has 0 radical (unpaired) electrons. The first kappa shape index (κ1) is 15.5. The molecule has 1 aliphatic rings. The van der Waals surface area contributed by atoms with Gasteiger partial charge in [-0.1, -0.05) is 22.9 Å². The first-order valence-corrected chi connectivity index (χ1v) is 9.44. The number of nitrogens with one attached hydrogen (secondary N) is 1. The van der Waals surface area contributed by atoms with Crippen molar-refractivity contribution in [3.05, 3.63) is 48.0 Å². The summed E-state index contributed by atoms with van der Waals surface area (Å²) in [5.41, 5.74) is 3.81. The maximum absolute atomic E-state index is 5.90. The number of rotatable bonds is 4. The largest absolute Gasteiger partial charge is 0.493 e. The first-order chi connectivity index (χ1) is 10.1. The summed E-state index contributed by atoms with van der Waals surface area (Å²) in [6.07, 6.45) is 0.994. The third-order valence-corrected chi connectivity index (χ3v) is 6.32. The fourth-order valence-electron chi connectivity index (χ4n) is 2.71. The van der Waals surface area contributed by atoms with Gasteiger partial charge in [0.25, 0.3) is 0 Å². The van der Waals surface area contributed by atoms with Crippen LogP contribution < -0.4 is 10.1 Å². The molecule has 0 bridgehead atoms. The third-order valence-electron chi connectivity index (χ3n) is 3.66.